The van der Waals surface area contributed by atoms with Crippen LogP contribution in [0.2, 0.25) is 0 Å². The first-order valence-electron chi connectivity index (χ1n) is 6.77. The molecular weight excluding hydrogens is 250 g/mol. The zero-order chi connectivity index (χ0) is 14.4. The second-order valence-electron chi connectivity index (χ2n) is 4.86. The van der Waals surface area contributed by atoms with Gasteiger partial charge in [0.25, 0.3) is 0 Å². The second kappa shape index (κ2) is 7.08. The summed E-state index contributed by atoms with van der Waals surface area (Å²) in [6.07, 6.45) is 0. The molecule has 1 atom stereocenters. The smallest absolute Gasteiger partial charge is 0.0733 e. The molecule has 0 spiro atoms. The van der Waals surface area contributed by atoms with E-state index in [2.05, 4.69) is 30.4 Å². The summed E-state index contributed by atoms with van der Waals surface area (Å²) in [5, 5.41) is 12.7. The van der Waals surface area contributed by atoms with Crippen LogP contribution >= 0.6 is 0 Å². The van der Waals surface area contributed by atoms with Crippen LogP contribution in [0.5, 0.6) is 0 Å². The lowest BCUT2D eigenvalue weighted by molar-refractivity contribution is 0.185. The van der Waals surface area contributed by atoms with Gasteiger partial charge in [-0.1, -0.05) is 42.5 Å². The summed E-state index contributed by atoms with van der Waals surface area (Å²) < 4.78 is 5.22. The molecule has 0 saturated heterocycles. The first kappa shape index (κ1) is 14.6. The van der Waals surface area contributed by atoms with Gasteiger partial charge >= 0.3 is 0 Å². The van der Waals surface area contributed by atoms with Crippen LogP contribution in [-0.4, -0.2) is 12.2 Å². The Morgan fingerprint density at radius 2 is 1.95 bits per heavy atom. The predicted octanol–water partition coefficient (Wildman–Crippen LogP) is 3.50. The Kier molecular flexibility index (Phi) is 5.16. The number of hydrogen-bond acceptors (Lipinski definition) is 3. The molecular formula is C17H21NO2. The number of ether oxygens (including phenoxy) is 1. The number of hydrogen-bond donors (Lipinski definition) is 2. The fraction of sp³-hybridized carbons (Fsp3) is 0.294. The molecule has 2 rings (SSSR count). The molecule has 0 aliphatic rings. The highest BCUT2D eigenvalue weighted by Gasteiger charge is 2.08. The molecule has 0 bridgehead atoms. The van der Waals surface area contributed by atoms with Crippen molar-refractivity contribution >= 4 is 5.69 Å². The maximum Gasteiger partial charge on any atom is 0.0733 e. The molecule has 2 N–H and O–H groups in total. The lowest BCUT2D eigenvalue weighted by atomic mass is 10.0. The number of anilines is 1. The summed E-state index contributed by atoms with van der Waals surface area (Å²) in [7, 11) is 1.70. The van der Waals surface area contributed by atoms with E-state index in [9.17, 15) is 5.11 Å². The molecule has 0 saturated carbocycles. The van der Waals surface area contributed by atoms with E-state index in [0.29, 0.717) is 6.61 Å². The van der Waals surface area contributed by atoms with Gasteiger partial charge in [0.2, 0.25) is 0 Å². The first-order chi connectivity index (χ1) is 9.74. The third-order valence-corrected chi connectivity index (χ3v) is 3.32. The number of aliphatic hydroxyl groups is 1. The van der Waals surface area contributed by atoms with Gasteiger partial charge in [0.15, 0.2) is 0 Å². The number of rotatable bonds is 6. The van der Waals surface area contributed by atoms with E-state index in [1.165, 1.54) is 0 Å². The third-order valence-electron chi connectivity index (χ3n) is 3.32. The highest BCUT2D eigenvalue weighted by molar-refractivity contribution is 5.52. The number of para-hydroxylation sites is 1. The number of benzene rings is 2. The normalized spacial score (nSPS) is 12.2. The molecule has 2 aromatic carbocycles. The fourth-order valence-corrected chi connectivity index (χ4v) is 2.22. The molecule has 2 aromatic rings. The maximum absolute atomic E-state index is 9.21. The van der Waals surface area contributed by atoms with Crippen LogP contribution in [-0.2, 0) is 18.0 Å². The molecule has 3 heteroatoms. The van der Waals surface area contributed by atoms with Gasteiger partial charge in [0.05, 0.1) is 13.2 Å². The number of methoxy groups -OCH3 is 1. The van der Waals surface area contributed by atoms with E-state index < -0.39 is 0 Å². The average molecular weight is 271 g/mol. The molecule has 0 aliphatic carbocycles. The number of nitrogens with one attached hydrogen (secondary N) is 1. The van der Waals surface area contributed by atoms with E-state index in [0.717, 1.165) is 22.4 Å². The van der Waals surface area contributed by atoms with E-state index in [1.54, 1.807) is 7.11 Å². The van der Waals surface area contributed by atoms with Crippen molar-refractivity contribution in [3.05, 3.63) is 65.2 Å². The van der Waals surface area contributed by atoms with Crippen molar-refractivity contribution in [2.75, 3.05) is 12.4 Å². The van der Waals surface area contributed by atoms with Gasteiger partial charge in [0, 0.05) is 24.4 Å². The topological polar surface area (TPSA) is 41.5 Å². The summed E-state index contributed by atoms with van der Waals surface area (Å²) >= 11 is 0. The predicted molar refractivity (Wildman–Crippen MR) is 81.6 cm³/mol. The minimum Gasteiger partial charge on any atom is -0.392 e. The van der Waals surface area contributed by atoms with Crippen molar-refractivity contribution < 1.29 is 9.84 Å². The quantitative estimate of drug-likeness (QED) is 0.845. The van der Waals surface area contributed by atoms with Crippen molar-refractivity contribution in [1.29, 1.82) is 0 Å². The zero-order valence-electron chi connectivity index (χ0n) is 12.0. The summed E-state index contributed by atoms with van der Waals surface area (Å²) in [6.45, 7) is 2.77. The van der Waals surface area contributed by atoms with Gasteiger partial charge in [-0.25, -0.2) is 0 Å². The van der Waals surface area contributed by atoms with Gasteiger partial charge in [-0.15, -0.1) is 0 Å². The van der Waals surface area contributed by atoms with Gasteiger partial charge in [-0.05, 0) is 24.1 Å². The zero-order valence-corrected chi connectivity index (χ0v) is 12.0. The minimum atomic E-state index is 0.0703. The summed E-state index contributed by atoms with van der Waals surface area (Å²) in [5.41, 5.74) is 4.31. The highest BCUT2D eigenvalue weighted by atomic mass is 16.5. The Labute approximate surface area is 120 Å². The molecule has 0 aromatic heterocycles. The van der Waals surface area contributed by atoms with Crippen molar-refractivity contribution in [1.82, 2.24) is 0 Å². The molecule has 20 heavy (non-hydrogen) atoms. The van der Waals surface area contributed by atoms with Crippen LogP contribution in [0, 0.1) is 0 Å². The van der Waals surface area contributed by atoms with Crippen molar-refractivity contribution in [2.45, 2.75) is 26.2 Å². The lowest BCUT2D eigenvalue weighted by Gasteiger charge is -2.19. The van der Waals surface area contributed by atoms with E-state index in [4.69, 9.17) is 4.74 Å². The molecule has 3 nitrogen and oxygen atoms in total. The van der Waals surface area contributed by atoms with Gasteiger partial charge in [0.1, 0.15) is 0 Å². The number of aliphatic hydroxyl groups excluding tert-OH is 1. The van der Waals surface area contributed by atoms with Crippen LogP contribution in [0.3, 0.4) is 0 Å². The fourth-order valence-electron chi connectivity index (χ4n) is 2.22. The Balaban J connectivity index is 2.16. The average Bonchev–Trinajstić information content (AvgIpc) is 2.49. The van der Waals surface area contributed by atoms with Crippen LogP contribution in [0.1, 0.15) is 29.7 Å². The Bertz CT molecular complexity index is 554. The van der Waals surface area contributed by atoms with Gasteiger partial charge in [-0.3, -0.25) is 0 Å². The second-order valence-corrected chi connectivity index (χ2v) is 4.86. The van der Waals surface area contributed by atoms with E-state index in [-0.39, 0.29) is 12.6 Å². The van der Waals surface area contributed by atoms with Crippen LogP contribution in [0.25, 0.3) is 0 Å². The molecule has 0 aliphatic heterocycles. The summed E-state index contributed by atoms with van der Waals surface area (Å²) in [4.78, 5) is 0. The largest absolute Gasteiger partial charge is 0.392 e. The first-order valence-corrected chi connectivity index (χ1v) is 6.77. The van der Waals surface area contributed by atoms with Crippen molar-refractivity contribution in [3.8, 4) is 0 Å². The summed E-state index contributed by atoms with van der Waals surface area (Å²) in [6, 6.07) is 16.3. The van der Waals surface area contributed by atoms with Gasteiger partial charge in [-0.2, -0.15) is 0 Å². The summed E-state index contributed by atoms with van der Waals surface area (Å²) in [5.74, 6) is 0. The van der Waals surface area contributed by atoms with Crippen molar-refractivity contribution in [3.63, 3.8) is 0 Å². The molecule has 0 heterocycles. The standard InChI is InChI=1S/C17H21NO2/c1-13(15-8-5-6-14(10-15)11-19)18-17-9-4-3-7-16(17)12-20-2/h3-10,13,18-19H,11-12H2,1-2H3. The molecule has 106 valence electrons. The van der Waals surface area contributed by atoms with Crippen LogP contribution < -0.4 is 5.32 Å². The highest BCUT2D eigenvalue weighted by Crippen LogP contribution is 2.23. The Morgan fingerprint density at radius 3 is 2.70 bits per heavy atom. The van der Waals surface area contributed by atoms with Crippen molar-refractivity contribution in [2.24, 2.45) is 0 Å². The van der Waals surface area contributed by atoms with Crippen LogP contribution in [0.4, 0.5) is 5.69 Å². The van der Waals surface area contributed by atoms with Crippen LogP contribution in [0.15, 0.2) is 48.5 Å². The molecule has 0 radical (unpaired) electrons. The lowest BCUT2D eigenvalue weighted by Crippen LogP contribution is -2.09. The SMILES string of the molecule is COCc1ccccc1NC(C)c1cccc(CO)c1. The monoisotopic (exact) mass is 271 g/mol. The third kappa shape index (κ3) is 3.59. The molecule has 0 fully saturated rings. The Morgan fingerprint density at radius 1 is 1.15 bits per heavy atom. The molecule has 1 unspecified atom stereocenters. The van der Waals surface area contributed by atoms with Gasteiger partial charge < -0.3 is 15.2 Å². The molecule has 0 amide bonds. The maximum atomic E-state index is 9.21. The minimum absolute atomic E-state index is 0.0703. The van der Waals surface area contributed by atoms with E-state index >= 15 is 0 Å². The Hall–Kier alpha value is -1.84. The van der Waals surface area contributed by atoms with E-state index in [1.807, 2.05) is 30.3 Å².